The molecule has 212 valence electrons. The van der Waals surface area contributed by atoms with Crippen LogP contribution in [-0.4, -0.2) is 8.42 Å². The van der Waals surface area contributed by atoms with E-state index < -0.39 is 10.4 Å². The molecule has 0 aliphatic heterocycles. The van der Waals surface area contributed by atoms with Crippen LogP contribution in [0, 0.1) is 0 Å². The Morgan fingerprint density at radius 3 is 0.814 bits per heavy atom. The quantitative estimate of drug-likeness (QED) is 0.144. The minimum absolute atomic E-state index is 0.180. The van der Waals surface area contributed by atoms with Crippen molar-refractivity contribution in [3.8, 4) is 11.5 Å². The lowest BCUT2D eigenvalue weighted by atomic mass is 10.3. The molecule has 0 saturated heterocycles. The summed E-state index contributed by atoms with van der Waals surface area (Å²) in [5.74, 6) is 0.361. The highest BCUT2D eigenvalue weighted by Crippen LogP contribution is 2.34. The summed E-state index contributed by atoms with van der Waals surface area (Å²) in [6, 6.07) is 55.3. The van der Waals surface area contributed by atoms with Gasteiger partial charge in [0.25, 0.3) is 0 Å². The van der Waals surface area contributed by atoms with Gasteiger partial charge in [-0.05, 0) is 97.1 Å². The molecule has 6 rings (SSSR count). The normalized spacial score (nSPS) is 11.4. The van der Waals surface area contributed by atoms with Gasteiger partial charge in [-0.3, -0.25) is 0 Å². The number of hydrogen-bond acceptors (Lipinski definition) is 4. The molecule has 0 heterocycles. The summed E-state index contributed by atoms with van der Waals surface area (Å²) < 4.78 is 36.4. The topological polar surface area (TPSA) is 52.6 Å². The molecule has 0 aliphatic rings. The minimum atomic E-state index is -4.36. The Labute approximate surface area is 258 Å². The monoisotopic (exact) mass is 620 g/mol. The van der Waals surface area contributed by atoms with Gasteiger partial charge in [0, 0.05) is 0 Å². The molecule has 4 nitrogen and oxygen atoms in total. The van der Waals surface area contributed by atoms with Crippen LogP contribution in [0.2, 0.25) is 0 Å². The van der Waals surface area contributed by atoms with E-state index in [0.717, 1.165) is 9.79 Å². The molecule has 0 atom stereocenters. The average molecular weight is 621 g/mol. The first-order chi connectivity index (χ1) is 21.1. The van der Waals surface area contributed by atoms with Crippen LogP contribution in [-0.2, 0) is 32.2 Å². The van der Waals surface area contributed by atoms with E-state index in [9.17, 15) is 8.42 Å². The fourth-order valence-corrected chi connectivity index (χ4v) is 9.45. The van der Waals surface area contributed by atoms with E-state index in [0.29, 0.717) is 0 Å². The number of hydrogen-bond donors (Lipinski definition) is 0. The third kappa shape index (κ3) is 7.14. The van der Waals surface area contributed by atoms with E-state index in [-0.39, 0.29) is 33.3 Å². The third-order valence-electron chi connectivity index (χ3n) is 6.43. The average Bonchev–Trinajstić information content (AvgIpc) is 3.05. The summed E-state index contributed by atoms with van der Waals surface area (Å²) in [4.78, 5) is 6.78. The van der Waals surface area contributed by atoms with Gasteiger partial charge in [-0.2, -0.15) is 0 Å². The summed E-state index contributed by atoms with van der Waals surface area (Å²) in [5, 5.41) is 0. The zero-order valence-corrected chi connectivity index (χ0v) is 25.5. The van der Waals surface area contributed by atoms with Gasteiger partial charge in [-0.1, -0.05) is 72.8 Å². The van der Waals surface area contributed by atoms with E-state index in [1.807, 2.05) is 97.1 Å². The van der Waals surface area contributed by atoms with E-state index in [2.05, 4.69) is 48.5 Å². The first kappa shape index (κ1) is 28.7. The Kier molecular flexibility index (Phi) is 8.84. The highest BCUT2D eigenvalue weighted by atomic mass is 32.3. The number of benzene rings is 6. The molecule has 7 heteroatoms. The summed E-state index contributed by atoms with van der Waals surface area (Å²) in [5.41, 5.74) is 0. The maximum absolute atomic E-state index is 12.9. The van der Waals surface area contributed by atoms with Gasteiger partial charge >= 0.3 is 10.4 Å². The van der Waals surface area contributed by atoms with Crippen molar-refractivity contribution in [3.05, 3.63) is 170 Å². The Balaban J connectivity index is 1.18. The molecule has 6 aromatic carbocycles. The van der Waals surface area contributed by atoms with Crippen molar-refractivity contribution in [2.45, 2.75) is 29.4 Å². The lowest BCUT2D eigenvalue weighted by Gasteiger charge is -2.11. The molecule has 0 radical (unpaired) electrons. The van der Waals surface area contributed by atoms with Crippen molar-refractivity contribution in [1.82, 2.24) is 0 Å². The van der Waals surface area contributed by atoms with Gasteiger partial charge in [0.1, 0.15) is 11.5 Å². The highest BCUT2D eigenvalue weighted by molar-refractivity contribution is 7.97. The zero-order chi connectivity index (χ0) is 29.5. The lowest BCUT2D eigenvalue weighted by molar-refractivity contribution is 0.392. The van der Waals surface area contributed by atoms with Crippen molar-refractivity contribution in [2.75, 3.05) is 0 Å². The molecule has 0 aromatic heterocycles. The van der Waals surface area contributed by atoms with Crippen molar-refractivity contribution >= 4 is 32.2 Å². The van der Waals surface area contributed by atoms with Gasteiger partial charge in [-0.15, -0.1) is 8.42 Å². The Morgan fingerprint density at radius 1 is 0.326 bits per heavy atom. The van der Waals surface area contributed by atoms with Crippen molar-refractivity contribution in [2.24, 2.45) is 0 Å². The first-order valence-corrected chi connectivity index (χ1v) is 17.4. The van der Waals surface area contributed by atoms with Crippen LogP contribution < -0.4 is 8.37 Å². The fraction of sp³-hybridized carbons (Fsp3) is 0. The SMILES string of the molecule is O=S(=O)(Oc1ccc([S+](c2ccccc2)c2ccccc2)cc1)Oc1ccc([S+](c2ccccc2)c2ccccc2)cc1. The molecule has 0 amide bonds. The Bertz CT molecular complexity index is 1640. The van der Waals surface area contributed by atoms with Crippen LogP contribution in [0.1, 0.15) is 0 Å². The van der Waals surface area contributed by atoms with Gasteiger partial charge < -0.3 is 8.37 Å². The maximum atomic E-state index is 12.9. The first-order valence-electron chi connectivity index (χ1n) is 13.6. The summed E-state index contributed by atoms with van der Waals surface area (Å²) in [6.07, 6.45) is 0. The lowest BCUT2D eigenvalue weighted by Crippen LogP contribution is -2.16. The van der Waals surface area contributed by atoms with Gasteiger partial charge in [0.05, 0.1) is 21.8 Å². The summed E-state index contributed by atoms with van der Waals surface area (Å²) >= 11 is 0. The molecule has 43 heavy (non-hydrogen) atoms. The zero-order valence-electron chi connectivity index (χ0n) is 23.0. The van der Waals surface area contributed by atoms with Crippen LogP contribution in [0.5, 0.6) is 11.5 Å². The van der Waals surface area contributed by atoms with E-state index in [1.54, 1.807) is 24.3 Å². The standard InChI is InChI=1S/C36H28O4S3/c37-43(38,39-29-21-25-35(26-22-29)41(31-13-5-1-6-14-31)32-15-7-2-8-16-32)40-30-23-27-36(28-24-30)42(33-17-9-3-10-18-33)34-19-11-4-12-20-34/h1-28H/q+2. The summed E-state index contributed by atoms with van der Waals surface area (Å²) in [6.45, 7) is 0. The molecule has 0 saturated carbocycles. The van der Waals surface area contributed by atoms with Gasteiger partial charge in [-0.25, -0.2) is 0 Å². The second-order valence-electron chi connectivity index (χ2n) is 9.38. The summed E-state index contributed by atoms with van der Waals surface area (Å²) in [7, 11) is -5.05. The Hall–Kier alpha value is -4.43. The molecule has 0 bridgehead atoms. The van der Waals surface area contributed by atoms with Crippen LogP contribution in [0.25, 0.3) is 0 Å². The van der Waals surface area contributed by atoms with Crippen LogP contribution in [0.3, 0.4) is 0 Å². The minimum Gasteiger partial charge on any atom is -0.353 e. The smallest absolute Gasteiger partial charge is 0.353 e. The predicted octanol–water partition coefficient (Wildman–Crippen LogP) is 8.58. The second kappa shape index (κ2) is 13.3. The molecule has 0 N–H and O–H groups in total. The van der Waals surface area contributed by atoms with E-state index in [4.69, 9.17) is 8.37 Å². The molecular formula is C36H28O4S3+2. The van der Waals surface area contributed by atoms with Crippen LogP contribution >= 0.6 is 0 Å². The number of rotatable bonds is 10. The van der Waals surface area contributed by atoms with Gasteiger partial charge in [0.2, 0.25) is 0 Å². The van der Waals surface area contributed by atoms with Crippen molar-refractivity contribution in [3.63, 3.8) is 0 Å². The second-order valence-corrected chi connectivity index (χ2v) is 14.6. The fourth-order valence-electron chi connectivity index (χ4n) is 4.56. The largest absolute Gasteiger partial charge is 0.500 e. The highest BCUT2D eigenvalue weighted by Gasteiger charge is 2.30. The van der Waals surface area contributed by atoms with Crippen LogP contribution in [0.15, 0.2) is 199 Å². The predicted molar refractivity (Wildman–Crippen MR) is 173 cm³/mol. The Morgan fingerprint density at radius 2 is 0.558 bits per heavy atom. The molecule has 6 aromatic rings. The third-order valence-corrected chi connectivity index (χ3v) is 11.7. The molecule has 0 spiro atoms. The van der Waals surface area contributed by atoms with Crippen molar-refractivity contribution in [1.29, 1.82) is 0 Å². The molecule has 0 aliphatic carbocycles. The van der Waals surface area contributed by atoms with E-state index in [1.165, 1.54) is 19.6 Å². The van der Waals surface area contributed by atoms with Crippen molar-refractivity contribution < 1.29 is 16.8 Å². The van der Waals surface area contributed by atoms with Gasteiger partial charge in [0.15, 0.2) is 29.4 Å². The van der Waals surface area contributed by atoms with Crippen LogP contribution in [0.4, 0.5) is 0 Å². The maximum Gasteiger partial charge on any atom is 0.500 e. The molecule has 0 unspecified atom stereocenters. The van der Waals surface area contributed by atoms with E-state index >= 15 is 0 Å². The molecular weight excluding hydrogens is 593 g/mol. The molecule has 0 fully saturated rings.